The lowest BCUT2D eigenvalue weighted by atomic mass is 9.72. The average Bonchev–Trinajstić information content (AvgIpc) is 2.90. The number of carbonyl (C=O) groups is 2. The lowest BCUT2D eigenvalue weighted by Crippen LogP contribution is -2.69. The van der Waals surface area contributed by atoms with Crippen LogP contribution in [0, 0.1) is 11.3 Å². The van der Waals surface area contributed by atoms with Crippen LogP contribution >= 0.6 is 0 Å². The number of nitrogens with one attached hydrogen (secondary N) is 1. The van der Waals surface area contributed by atoms with Gasteiger partial charge in [0.1, 0.15) is 19.0 Å². The van der Waals surface area contributed by atoms with Gasteiger partial charge in [-0.1, -0.05) is 32.9 Å². The van der Waals surface area contributed by atoms with Gasteiger partial charge in [0.2, 0.25) is 11.9 Å². The first kappa shape index (κ1) is 32.9. The number of methoxy groups -OCH3 is 4. The Labute approximate surface area is 237 Å². The molecule has 3 heterocycles. The molecular formula is C28H47NO11. The summed E-state index contributed by atoms with van der Waals surface area (Å²) in [4.78, 5) is 26.0. The molecule has 3 fully saturated rings. The molecule has 1 amide bonds. The van der Waals surface area contributed by atoms with Crippen molar-refractivity contribution in [3.05, 3.63) is 12.2 Å². The SMILES string of the molecule is C=C1C[C@](OC)([C@H](OC(C)=O)C(=O)N[C@H]2OCO[C@H]3[C@@H]2O[C@H](C[C@H](COC)OC)C(C)(C)[C@@H]3OC)O[C@H](C)[C@@H]1C. The van der Waals surface area contributed by atoms with Crippen molar-refractivity contribution in [3.63, 3.8) is 0 Å². The van der Waals surface area contributed by atoms with Gasteiger partial charge < -0.3 is 47.9 Å². The van der Waals surface area contributed by atoms with E-state index in [4.69, 9.17) is 42.6 Å². The maximum atomic E-state index is 13.8. The quantitative estimate of drug-likeness (QED) is 0.288. The van der Waals surface area contributed by atoms with E-state index in [1.54, 1.807) is 21.3 Å². The van der Waals surface area contributed by atoms with E-state index in [9.17, 15) is 9.59 Å². The Morgan fingerprint density at radius 2 is 1.82 bits per heavy atom. The van der Waals surface area contributed by atoms with E-state index in [0.29, 0.717) is 13.0 Å². The smallest absolute Gasteiger partial charge is 0.303 e. The number of rotatable bonds is 11. The minimum absolute atomic E-state index is 0.0276. The number of hydrogen-bond donors (Lipinski definition) is 1. The number of ether oxygens (including phenoxy) is 9. The van der Waals surface area contributed by atoms with E-state index >= 15 is 0 Å². The monoisotopic (exact) mass is 573 g/mol. The fraction of sp³-hybridized carbons (Fsp3) is 0.857. The number of carbonyl (C=O) groups excluding carboxylic acids is 2. The Morgan fingerprint density at radius 3 is 2.38 bits per heavy atom. The second kappa shape index (κ2) is 13.6. The molecule has 12 nitrogen and oxygen atoms in total. The predicted octanol–water partition coefficient (Wildman–Crippen LogP) is 1.94. The highest BCUT2D eigenvalue weighted by atomic mass is 16.7. The zero-order valence-electron chi connectivity index (χ0n) is 25.2. The zero-order valence-corrected chi connectivity index (χ0v) is 25.2. The van der Waals surface area contributed by atoms with E-state index in [2.05, 4.69) is 11.9 Å². The van der Waals surface area contributed by atoms with Gasteiger partial charge in [0.25, 0.3) is 5.91 Å². The van der Waals surface area contributed by atoms with Gasteiger partial charge in [-0.3, -0.25) is 9.59 Å². The second-order valence-electron chi connectivity index (χ2n) is 11.4. The van der Waals surface area contributed by atoms with Crippen LogP contribution in [0.1, 0.15) is 47.5 Å². The minimum atomic E-state index is -1.57. The van der Waals surface area contributed by atoms with E-state index in [0.717, 1.165) is 5.57 Å². The standard InChI is InChI=1S/C28H47NO11/c1-15-12-28(35-10,40-17(3)16(15)2)24(38-18(4)30)25(31)29-26-22-21(36-14-37-26)23(34-9)27(5,6)20(39-22)11-19(33-8)13-32-7/h16-17,19-24,26H,1,11-14H2,2-10H3,(H,29,31)/t16-,17-,19-,20-,21+,22+,23-,24-,26+,28-/m1/s1. The summed E-state index contributed by atoms with van der Waals surface area (Å²) in [7, 11) is 6.26. The molecule has 0 aromatic rings. The maximum absolute atomic E-state index is 13.8. The topological polar surface area (TPSA) is 129 Å². The molecule has 230 valence electrons. The molecule has 3 saturated heterocycles. The van der Waals surface area contributed by atoms with Gasteiger partial charge >= 0.3 is 5.97 Å². The third-order valence-electron chi connectivity index (χ3n) is 8.49. The maximum Gasteiger partial charge on any atom is 0.303 e. The van der Waals surface area contributed by atoms with Gasteiger partial charge in [-0.05, 0) is 6.92 Å². The molecule has 3 aliphatic rings. The Bertz CT molecular complexity index is 897. The summed E-state index contributed by atoms with van der Waals surface area (Å²) in [6.45, 7) is 13.6. The zero-order chi connectivity index (χ0) is 29.8. The van der Waals surface area contributed by atoms with Crippen LogP contribution in [0.3, 0.4) is 0 Å². The first-order chi connectivity index (χ1) is 18.8. The van der Waals surface area contributed by atoms with Crippen LogP contribution in [-0.2, 0) is 52.2 Å². The van der Waals surface area contributed by atoms with Crippen LogP contribution in [0.5, 0.6) is 0 Å². The van der Waals surface area contributed by atoms with Crippen molar-refractivity contribution in [2.24, 2.45) is 11.3 Å². The largest absolute Gasteiger partial charge is 0.447 e. The molecule has 10 atom stereocenters. The highest BCUT2D eigenvalue weighted by molar-refractivity contribution is 5.84. The molecule has 0 bridgehead atoms. The lowest BCUT2D eigenvalue weighted by molar-refractivity contribution is -0.333. The van der Waals surface area contributed by atoms with Gasteiger partial charge in [0.05, 0.1) is 31.0 Å². The van der Waals surface area contributed by atoms with Crippen molar-refractivity contribution in [1.29, 1.82) is 0 Å². The summed E-state index contributed by atoms with van der Waals surface area (Å²) < 4.78 is 52.7. The Morgan fingerprint density at radius 1 is 1.12 bits per heavy atom. The molecule has 3 rings (SSSR count). The van der Waals surface area contributed by atoms with E-state index < -0.39 is 47.6 Å². The van der Waals surface area contributed by atoms with Gasteiger partial charge in [-0.15, -0.1) is 0 Å². The normalized spacial score (nSPS) is 37.2. The fourth-order valence-electron chi connectivity index (χ4n) is 5.89. The van der Waals surface area contributed by atoms with Crippen LogP contribution < -0.4 is 5.32 Å². The van der Waals surface area contributed by atoms with Gasteiger partial charge in [0, 0.05) is 59.5 Å². The fourth-order valence-corrected chi connectivity index (χ4v) is 5.89. The van der Waals surface area contributed by atoms with Gasteiger partial charge in [-0.25, -0.2) is 0 Å². The van der Waals surface area contributed by atoms with Gasteiger partial charge in [0.15, 0.2) is 6.23 Å². The first-order valence-electron chi connectivity index (χ1n) is 13.7. The first-order valence-corrected chi connectivity index (χ1v) is 13.7. The van der Waals surface area contributed by atoms with Crippen LogP contribution in [0.15, 0.2) is 12.2 Å². The molecule has 0 radical (unpaired) electrons. The van der Waals surface area contributed by atoms with Crippen LogP contribution in [0.2, 0.25) is 0 Å². The summed E-state index contributed by atoms with van der Waals surface area (Å²) in [5.41, 5.74) is 0.343. The van der Waals surface area contributed by atoms with Crippen molar-refractivity contribution in [2.75, 3.05) is 41.8 Å². The number of hydrogen-bond acceptors (Lipinski definition) is 11. The Hall–Kier alpha value is -1.64. The highest BCUT2D eigenvalue weighted by Gasteiger charge is 2.58. The number of amides is 1. The Kier molecular flexibility index (Phi) is 11.1. The van der Waals surface area contributed by atoms with Crippen molar-refractivity contribution < 1.29 is 52.2 Å². The average molecular weight is 574 g/mol. The van der Waals surface area contributed by atoms with Crippen molar-refractivity contribution >= 4 is 11.9 Å². The molecule has 1 N–H and O–H groups in total. The summed E-state index contributed by atoms with van der Waals surface area (Å²) in [6, 6.07) is 0. The van der Waals surface area contributed by atoms with Gasteiger partial charge in [-0.2, -0.15) is 0 Å². The Balaban J connectivity index is 1.88. The number of fused-ring (bicyclic) bond motifs is 1. The summed E-state index contributed by atoms with van der Waals surface area (Å²) in [5, 5.41) is 2.86. The second-order valence-corrected chi connectivity index (χ2v) is 11.4. The van der Waals surface area contributed by atoms with Crippen LogP contribution in [-0.4, -0.2) is 108 Å². The molecule has 3 aliphatic heterocycles. The third-order valence-corrected chi connectivity index (χ3v) is 8.49. The summed E-state index contributed by atoms with van der Waals surface area (Å²) in [6.07, 6.45) is -4.30. The molecule has 40 heavy (non-hydrogen) atoms. The predicted molar refractivity (Wildman–Crippen MR) is 142 cm³/mol. The molecule has 0 aliphatic carbocycles. The summed E-state index contributed by atoms with van der Waals surface area (Å²) >= 11 is 0. The highest BCUT2D eigenvalue weighted by Crippen LogP contribution is 2.44. The minimum Gasteiger partial charge on any atom is -0.447 e. The van der Waals surface area contributed by atoms with Crippen LogP contribution in [0.25, 0.3) is 0 Å². The number of esters is 1. The molecule has 12 heteroatoms. The van der Waals surface area contributed by atoms with Crippen LogP contribution in [0.4, 0.5) is 0 Å². The molecule has 0 aromatic carbocycles. The van der Waals surface area contributed by atoms with Crippen molar-refractivity contribution in [2.45, 2.75) is 102 Å². The summed E-state index contributed by atoms with van der Waals surface area (Å²) in [5.74, 6) is -2.87. The molecular weight excluding hydrogens is 526 g/mol. The van der Waals surface area contributed by atoms with E-state index in [1.165, 1.54) is 14.0 Å². The lowest BCUT2D eigenvalue weighted by Gasteiger charge is -2.54. The van der Waals surface area contributed by atoms with Crippen molar-refractivity contribution in [3.8, 4) is 0 Å². The van der Waals surface area contributed by atoms with E-state index in [-0.39, 0.29) is 43.5 Å². The molecule has 0 unspecified atom stereocenters. The molecule has 0 saturated carbocycles. The van der Waals surface area contributed by atoms with Crippen molar-refractivity contribution in [1.82, 2.24) is 5.32 Å². The molecule has 0 aromatic heterocycles. The molecule has 0 spiro atoms. The van der Waals surface area contributed by atoms with E-state index in [1.807, 2.05) is 27.7 Å². The third kappa shape index (κ3) is 6.70.